The number of ether oxygens (including phenoxy) is 1. The Morgan fingerprint density at radius 3 is 2.43 bits per heavy atom. The second-order valence-electron chi connectivity index (χ2n) is 5.19. The van der Waals surface area contributed by atoms with Crippen LogP contribution in [-0.4, -0.2) is 48.4 Å². The third-order valence-corrected chi connectivity index (χ3v) is 3.76. The minimum absolute atomic E-state index is 0.186. The molecule has 0 aliphatic carbocycles. The molecule has 110 valence electrons. The number of benzene rings is 1. The topological polar surface area (TPSA) is 66.8 Å². The molecule has 21 heavy (non-hydrogen) atoms. The highest BCUT2D eigenvalue weighted by molar-refractivity contribution is 6.21. The van der Waals surface area contributed by atoms with Crippen LogP contribution in [0.25, 0.3) is 0 Å². The summed E-state index contributed by atoms with van der Waals surface area (Å²) in [6.45, 7) is 0.786. The fourth-order valence-corrected chi connectivity index (χ4v) is 2.34. The van der Waals surface area contributed by atoms with E-state index in [9.17, 15) is 14.7 Å². The van der Waals surface area contributed by atoms with E-state index in [-0.39, 0.29) is 44.6 Å². The fraction of sp³-hybridized carbons (Fsp3) is 0.467. The van der Waals surface area contributed by atoms with E-state index in [0.29, 0.717) is 0 Å². The number of aliphatic hydroxyl groups is 1. The van der Waals surface area contributed by atoms with E-state index in [2.05, 4.69) is 0 Å². The van der Waals surface area contributed by atoms with Crippen LogP contribution in [0.5, 0.6) is 0 Å². The van der Waals surface area contributed by atoms with Crippen LogP contribution in [0.1, 0.15) is 18.4 Å². The number of rotatable bonds is 4. The molecule has 1 fully saturated rings. The van der Waals surface area contributed by atoms with Gasteiger partial charge in [0.2, 0.25) is 0 Å². The molecule has 1 N–H and O–H groups in total. The maximum absolute atomic E-state index is 11.9. The molecule has 1 saturated heterocycles. The summed E-state index contributed by atoms with van der Waals surface area (Å²) in [7, 11) is 5.28. The van der Waals surface area contributed by atoms with E-state index in [0.717, 1.165) is 5.56 Å². The van der Waals surface area contributed by atoms with E-state index in [4.69, 9.17) is 12.6 Å². The molecule has 1 aliphatic heterocycles. The van der Waals surface area contributed by atoms with Crippen LogP contribution in [0.4, 0.5) is 4.79 Å². The highest BCUT2D eigenvalue weighted by atomic mass is 16.6. The predicted molar refractivity (Wildman–Crippen MR) is 78.0 cm³/mol. The van der Waals surface area contributed by atoms with Gasteiger partial charge in [0.1, 0.15) is 12.2 Å². The smallest absolute Gasteiger partial charge is 0.410 e. The van der Waals surface area contributed by atoms with Gasteiger partial charge in [0.15, 0.2) is 5.78 Å². The number of carbonyl (C=O) groups is 2. The zero-order chi connectivity index (χ0) is 15.3. The summed E-state index contributed by atoms with van der Waals surface area (Å²) in [6.07, 6.45) is -0.219. The molecule has 0 saturated carbocycles. The molecule has 2 radical (unpaired) electrons. The first-order chi connectivity index (χ1) is 10.0. The number of carbonyl (C=O) groups excluding carboxylic acids is 2. The Hall–Kier alpha value is -1.82. The average molecular weight is 287 g/mol. The summed E-state index contributed by atoms with van der Waals surface area (Å²) in [5, 5.41) is 10.1. The van der Waals surface area contributed by atoms with E-state index in [1.54, 1.807) is 0 Å². The number of Topliss-reactive ketones (excluding diaryl/α,β-unsaturated/α-hetero) is 1. The second kappa shape index (κ2) is 6.76. The molecule has 5 nitrogen and oxygen atoms in total. The zero-order valence-electron chi connectivity index (χ0n) is 11.8. The van der Waals surface area contributed by atoms with E-state index in [1.165, 1.54) is 4.90 Å². The lowest BCUT2D eigenvalue weighted by atomic mass is 9.81. The summed E-state index contributed by atoms with van der Waals surface area (Å²) in [5.74, 6) is -0.375. The Kier molecular flexibility index (Phi) is 5.01. The van der Waals surface area contributed by atoms with Crippen LogP contribution in [0.2, 0.25) is 6.32 Å². The Morgan fingerprint density at radius 1 is 1.24 bits per heavy atom. The van der Waals surface area contributed by atoms with Gasteiger partial charge in [-0.15, -0.1) is 0 Å². The molecule has 1 aromatic rings. The van der Waals surface area contributed by atoms with E-state index in [1.807, 2.05) is 30.3 Å². The third kappa shape index (κ3) is 3.85. The molecular weight excluding hydrogens is 269 g/mol. The van der Waals surface area contributed by atoms with Crippen LogP contribution in [0.15, 0.2) is 30.3 Å². The SMILES string of the molecule is [B]CC(=O)C1(O)CCN(C(=O)OCc2ccccc2)CC1. The number of hydrogen-bond donors (Lipinski definition) is 1. The van der Waals surface area contributed by atoms with Crippen LogP contribution in [-0.2, 0) is 16.1 Å². The van der Waals surface area contributed by atoms with Crippen LogP contribution in [0.3, 0.4) is 0 Å². The van der Waals surface area contributed by atoms with Crippen molar-refractivity contribution in [2.24, 2.45) is 0 Å². The lowest BCUT2D eigenvalue weighted by molar-refractivity contribution is -0.139. The maximum atomic E-state index is 11.9. The average Bonchev–Trinajstić information content (AvgIpc) is 2.53. The second-order valence-corrected chi connectivity index (χ2v) is 5.19. The molecule has 1 aliphatic rings. The summed E-state index contributed by atoms with van der Waals surface area (Å²) < 4.78 is 5.22. The van der Waals surface area contributed by atoms with Crippen molar-refractivity contribution in [1.82, 2.24) is 4.90 Å². The molecular formula is C15H18BNO4. The Morgan fingerprint density at radius 2 is 1.86 bits per heavy atom. The number of amides is 1. The van der Waals surface area contributed by atoms with Gasteiger partial charge in [0.05, 0.1) is 7.85 Å². The van der Waals surface area contributed by atoms with Gasteiger partial charge in [0, 0.05) is 25.9 Å². The molecule has 0 atom stereocenters. The van der Waals surface area contributed by atoms with Crippen LogP contribution in [0, 0.1) is 0 Å². The van der Waals surface area contributed by atoms with Gasteiger partial charge < -0.3 is 14.7 Å². The van der Waals surface area contributed by atoms with Gasteiger partial charge >= 0.3 is 6.09 Å². The molecule has 1 heterocycles. The normalized spacial score (nSPS) is 17.3. The molecule has 1 aromatic carbocycles. The zero-order valence-corrected chi connectivity index (χ0v) is 11.8. The number of nitrogens with zero attached hydrogens (tertiary/aromatic N) is 1. The van der Waals surface area contributed by atoms with Gasteiger partial charge in [-0.1, -0.05) is 30.3 Å². The quantitative estimate of drug-likeness (QED) is 0.848. The highest BCUT2D eigenvalue weighted by Gasteiger charge is 2.39. The van der Waals surface area contributed by atoms with Crippen molar-refractivity contribution in [2.75, 3.05) is 13.1 Å². The van der Waals surface area contributed by atoms with Gasteiger partial charge in [0.25, 0.3) is 0 Å². The van der Waals surface area contributed by atoms with Crippen molar-refractivity contribution < 1.29 is 19.4 Å². The first-order valence-corrected chi connectivity index (χ1v) is 6.96. The van der Waals surface area contributed by atoms with Crippen molar-refractivity contribution >= 4 is 19.7 Å². The Balaban J connectivity index is 1.82. The van der Waals surface area contributed by atoms with E-state index < -0.39 is 11.7 Å². The monoisotopic (exact) mass is 287 g/mol. The van der Waals surface area contributed by atoms with Gasteiger partial charge in [-0.05, 0) is 11.9 Å². The summed E-state index contributed by atoms with van der Waals surface area (Å²) in [5.41, 5.74) is -0.483. The summed E-state index contributed by atoms with van der Waals surface area (Å²) >= 11 is 0. The third-order valence-electron chi connectivity index (χ3n) is 3.76. The highest BCUT2D eigenvalue weighted by Crippen LogP contribution is 2.24. The number of piperidine rings is 1. The number of hydrogen-bond acceptors (Lipinski definition) is 4. The first kappa shape index (κ1) is 15.6. The standard InChI is InChI=1S/C15H18BNO4/c16-10-13(18)15(20)6-8-17(9-7-15)14(19)21-11-12-4-2-1-3-5-12/h1-5,20H,6-11H2. The lowest BCUT2D eigenvalue weighted by Crippen LogP contribution is -2.50. The number of likely N-dealkylation sites (tertiary alicyclic amines) is 1. The van der Waals surface area contributed by atoms with Crippen LogP contribution >= 0.6 is 0 Å². The van der Waals surface area contributed by atoms with Gasteiger partial charge in [-0.2, -0.15) is 0 Å². The Labute approximate surface area is 125 Å². The first-order valence-electron chi connectivity index (χ1n) is 6.96. The van der Waals surface area contributed by atoms with Gasteiger partial charge in [-0.3, -0.25) is 4.79 Å². The minimum atomic E-state index is -1.40. The van der Waals surface area contributed by atoms with E-state index >= 15 is 0 Å². The fourth-order valence-electron chi connectivity index (χ4n) is 2.34. The molecule has 0 aromatic heterocycles. The predicted octanol–water partition coefficient (Wildman–Crippen LogP) is 1.31. The molecule has 0 unspecified atom stereocenters. The Bertz CT molecular complexity index is 498. The van der Waals surface area contributed by atoms with Gasteiger partial charge in [-0.25, -0.2) is 4.79 Å². The minimum Gasteiger partial charge on any atom is -0.445 e. The van der Waals surface area contributed by atoms with Crippen molar-refractivity contribution in [3.63, 3.8) is 0 Å². The van der Waals surface area contributed by atoms with Crippen molar-refractivity contribution in [3.05, 3.63) is 35.9 Å². The molecule has 6 heteroatoms. The van der Waals surface area contributed by atoms with Crippen molar-refractivity contribution in [1.29, 1.82) is 0 Å². The summed E-state index contributed by atoms with van der Waals surface area (Å²) in [4.78, 5) is 25.0. The number of ketones is 1. The van der Waals surface area contributed by atoms with Crippen LogP contribution < -0.4 is 0 Å². The lowest BCUT2D eigenvalue weighted by Gasteiger charge is -2.36. The molecule has 0 bridgehead atoms. The largest absolute Gasteiger partial charge is 0.445 e. The molecule has 1 amide bonds. The van der Waals surface area contributed by atoms with Crippen molar-refractivity contribution in [3.8, 4) is 0 Å². The summed E-state index contributed by atoms with van der Waals surface area (Å²) in [6, 6.07) is 9.40. The molecule has 2 rings (SSSR count). The van der Waals surface area contributed by atoms with Crippen molar-refractivity contribution in [2.45, 2.75) is 31.4 Å². The maximum Gasteiger partial charge on any atom is 0.410 e. The molecule has 0 spiro atoms.